The summed E-state index contributed by atoms with van der Waals surface area (Å²) in [6.07, 6.45) is 3.23. The van der Waals surface area contributed by atoms with E-state index in [-0.39, 0.29) is 62.5 Å². The van der Waals surface area contributed by atoms with E-state index in [1.54, 1.807) is 83.1 Å². The van der Waals surface area contributed by atoms with Gasteiger partial charge in [0.2, 0.25) is 35.4 Å². The van der Waals surface area contributed by atoms with Crippen molar-refractivity contribution in [2.75, 3.05) is 53.4 Å². The Morgan fingerprint density at radius 1 is 0.489 bits per heavy atom. The van der Waals surface area contributed by atoms with Gasteiger partial charge >= 0.3 is 12.2 Å². The third-order valence-corrected chi connectivity index (χ3v) is 17.3. The van der Waals surface area contributed by atoms with E-state index >= 15 is 9.59 Å². The summed E-state index contributed by atoms with van der Waals surface area (Å²) in [7, 11) is 2.88. The highest BCUT2D eigenvalue weighted by molar-refractivity contribution is 6.00. The van der Waals surface area contributed by atoms with Crippen molar-refractivity contribution in [3.63, 3.8) is 0 Å². The number of hydrogen-bond donors (Lipinski definition) is 4. The summed E-state index contributed by atoms with van der Waals surface area (Å²) in [4.78, 5) is 151. The molecule has 3 aromatic carbocycles. The molecule has 0 spiro atoms. The van der Waals surface area contributed by atoms with Gasteiger partial charge in [0.1, 0.15) is 47.5 Å². The molecule has 0 bridgehead atoms. The second-order valence-corrected chi connectivity index (χ2v) is 28.6. The Bertz CT molecular complexity index is 2970. The predicted octanol–water partition coefficient (Wildman–Crippen LogP) is 6.95. The number of hydrogen-bond acceptors (Lipinski definition) is 12. The number of likely N-dealkylation sites (N-methyl/N-ethyl adjacent to an activating group) is 2. The molecule has 2 fully saturated rings. The maximum Gasteiger partial charge on any atom is 0.410 e. The van der Waals surface area contributed by atoms with Gasteiger partial charge in [0.25, 0.3) is 11.8 Å². The fourth-order valence-corrected chi connectivity index (χ4v) is 11.9. The molecular formula is C68H96N10O12. The lowest BCUT2D eigenvalue weighted by molar-refractivity contribution is -0.149. The van der Waals surface area contributed by atoms with Gasteiger partial charge in [0.15, 0.2) is 0 Å². The Hall–Kier alpha value is -8.04. The Morgan fingerprint density at radius 2 is 0.822 bits per heavy atom. The maximum atomic E-state index is 15.0. The second-order valence-electron chi connectivity index (χ2n) is 28.6. The molecule has 0 radical (unpaired) electrons. The highest BCUT2D eigenvalue weighted by Crippen LogP contribution is 2.33. The van der Waals surface area contributed by atoms with Crippen LogP contribution in [0.15, 0.2) is 72.8 Å². The Morgan fingerprint density at radius 3 is 1.14 bits per heavy atom. The van der Waals surface area contributed by atoms with Gasteiger partial charge in [-0.1, -0.05) is 90.1 Å². The van der Waals surface area contributed by atoms with Crippen LogP contribution in [0.1, 0.15) is 178 Å². The number of piperazine rings is 2. The molecule has 2 aliphatic heterocycles. The zero-order valence-electron chi connectivity index (χ0n) is 55.6. The van der Waals surface area contributed by atoms with Crippen LogP contribution in [0.5, 0.6) is 0 Å². The predicted molar refractivity (Wildman–Crippen MR) is 339 cm³/mol. The van der Waals surface area contributed by atoms with E-state index in [9.17, 15) is 38.4 Å². The average Bonchev–Trinajstić information content (AvgIpc) is 0.840. The van der Waals surface area contributed by atoms with Gasteiger partial charge in [-0.3, -0.25) is 48.2 Å². The van der Waals surface area contributed by atoms with E-state index in [4.69, 9.17) is 9.47 Å². The molecule has 3 aromatic rings. The molecule has 22 nitrogen and oxygen atoms in total. The molecule has 2 saturated heterocycles. The monoisotopic (exact) mass is 1240 g/mol. The van der Waals surface area contributed by atoms with E-state index < -0.39 is 118 Å². The van der Waals surface area contributed by atoms with Crippen molar-refractivity contribution < 1.29 is 57.4 Å². The van der Waals surface area contributed by atoms with E-state index in [0.717, 1.165) is 57.7 Å². The zero-order valence-corrected chi connectivity index (χ0v) is 55.6. The molecule has 8 atom stereocenters. The van der Waals surface area contributed by atoms with Crippen LogP contribution in [0.25, 0.3) is 0 Å². The van der Waals surface area contributed by atoms with Crippen LogP contribution in [0.2, 0.25) is 0 Å². The standard InChI is InChI=1S/C68H96N10O12/c1-41(73(15)63(87)89-67(9,10)11)55(79)71-53(65(3,4)5)61(85)77-37-35-75(39-51(77)57(81)69-49-29-21-25-43-23-17-19-27-47(43)49)59(83)45-31-33-46(34-32-45)60(84)76-36-38-78(52(40-76)58(82)70-50-30-22-26-44-24-18-20-28-48(44)50)62(86)54(66(6,7)8)72-56(80)42(2)74(16)64(88)90-68(12,13)14/h17-20,23-24,27-28,31-34,41-42,49-54H,21-22,25-26,29-30,35-40H2,1-16H3,(H,69,81)(H,70,82)(H,71,79)(H,72,80)/t41-,42-,49+,50+,51-,52-,53+,54+/m0/s1. The van der Waals surface area contributed by atoms with Gasteiger partial charge in [-0.05, 0) is 151 Å². The van der Waals surface area contributed by atoms with E-state index in [0.29, 0.717) is 12.8 Å². The van der Waals surface area contributed by atoms with Crippen LogP contribution < -0.4 is 21.3 Å². The highest BCUT2D eigenvalue weighted by atomic mass is 16.6. The Balaban J connectivity index is 1.11. The third kappa shape index (κ3) is 16.9. The largest absolute Gasteiger partial charge is 0.444 e. The van der Waals surface area contributed by atoms with E-state index in [1.807, 2.05) is 48.5 Å². The molecule has 4 N–H and O–H groups in total. The summed E-state index contributed by atoms with van der Waals surface area (Å²) in [5.74, 6) is -4.17. The lowest BCUT2D eigenvalue weighted by Gasteiger charge is -2.44. The number of aryl methyl sites for hydroxylation is 2. The lowest BCUT2D eigenvalue weighted by atomic mass is 9.84. The maximum absolute atomic E-state index is 15.0. The minimum absolute atomic E-state index is 0.0185. The molecule has 22 heteroatoms. The number of ether oxygens (including phenoxy) is 2. The summed E-state index contributed by atoms with van der Waals surface area (Å²) in [6.45, 7) is 23.6. The topological polar surface area (TPSA) is 257 Å². The van der Waals surface area contributed by atoms with Crippen LogP contribution in [0.3, 0.4) is 0 Å². The first kappa shape index (κ1) is 69.4. The van der Waals surface area contributed by atoms with Crippen LogP contribution in [0, 0.1) is 10.8 Å². The molecule has 0 unspecified atom stereocenters. The van der Waals surface area contributed by atoms with Crippen LogP contribution >= 0.6 is 0 Å². The zero-order chi connectivity index (χ0) is 66.5. The molecular weight excluding hydrogens is 1150 g/mol. The average molecular weight is 1250 g/mol. The number of amides is 10. The summed E-state index contributed by atoms with van der Waals surface area (Å²) >= 11 is 0. The fraction of sp³-hybridized carbons (Fsp3) is 0.588. The summed E-state index contributed by atoms with van der Waals surface area (Å²) in [5.41, 5.74) is 1.17. The minimum atomic E-state index is -1.19. The van der Waals surface area contributed by atoms with Crippen LogP contribution in [-0.2, 0) is 51.1 Å². The fourth-order valence-electron chi connectivity index (χ4n) is 11.9. The number of fused-ring (bicyclic) bond motifs is 2. The van der Waals surface area contributed by atoms with Crippen LogP contribution in [-0.4, -0.2) is 190 Å². The van der Waals surface area contributed by atoms with Gasteiger partial charge in [-0.25, -0.2) is 9.59 Å². The van der Waals surface area contributed by atoms with Gasteiger partial charge in [0, 0.05) is 51.4 Å². The van der Waals surface area contributed by atoms with Crippen molar-refractivity contribution >= 4 is 59.4 Å². The molecule has 90 heavy (non-hydrogen) atoms. The number of nitrogens with one attached hydrogen (secondary N) is 4. The van der Waals surface area contributed by atoms with Gasteiger partial charge in [-0.2, -0.15) is 0 Å². The summed E-state index contributed by atoms with van der Waals surface area (Å²) < 4.78 is 11.0. The molecule has 4 aliphatic rings. The quantitative estimate of drug-likeness (QED) is 0.128. The first-order valence-electron chi connectivity index (χ1n) is 31.5. The minimum Gasteiger partial charge on any atom is -0.444 e. The number of carbonyl (C=O) groups excluding carboxylic acids is 10. The first-order valence-corrected chi connectivity index (χ1v) is 31.5. The van der Waals surface area contributed by atoms with Crippen molar-refractivity contribution in [3.8, 4) is 0 Å². The molecule has 10 amide bonds. The number of rotatable bonds is 14. The number of benzene rings is 3. The van der Waals surface area contributed by atoms with Gasteiger partial charge < -0.3 is 50.3 Å². The van der Waals surface area contributed by atoms with E-state index in [2.05, 4.69) is 21.3 Å². The molecule has 2 heterocycles. The highest BCUT2D eigenvalue weighted by Gasteiger charge is 2.47. The normalized spacial score (nSPS) is 20.1. The first-order chi connectivity index (χ1) is 41.9. The van der Waals surface area contributed by atoms with Crippen molar-refractivity contribution in [3.05, 3.63) is 106 Å². The van der Waals surface area contributed by atoms with Crippen LogP contribution in [0.4, 0.5) is 9.59 Å². The summed E-state index contributed by atoms with van der Waals surface area (Å²) in [5, 5.41) is 12.2. The van der Waals surface area contributed by atoms with Crippen molar-refractivity contribution in [1.29, 1.82) is 0 Å². The second kappa shape index (κ2) is 28.0. The van der Waals surface area contributed by atoms with Crippen molar-refractivity contribution in [1.82, 2.24) is 50.7 Å². The number of nitrogens with zero attached hydrogens (tertiary/aromatic N) is 6. The smallest absolute Gasteiger partial charge is 0.410 e. The molecule has 0 aromatic heterocycles. The van der Waals surface area contributed by atoms with Crippen molar-refractivity contribution in [2.24, 2.45) is 10.8 Å². The van der Waals surface area contributed by atoms with E-state index in [1.165, 1.54) is 71.8 Å². The lowest BCUT2D eigenvalue weighted by Crippen LogP contribution is -2.66. The SMILES string of the molecule is C[C@@H](C(=O)N[C@H](C(=O)N1CCN(C(=O)c2ccc(C(=O)N3CCN(C(=O)[C@@H](NC(=O)[C@H](C)N(C)C(=O)OC(C)(C)C)C(C)(C)C)[C@H](C(=O)N[C@@H]4CCCc5ccccc54)C3)cc2)C[C@H]1C(=O)N[C@@H]1CCCc2ccccc21)C(C)(C)C)N(C)C(=O)OC(C)(C)C. The summed E-state index contributed by atoms with van der Waals surface area (Å²) in [6, 6.07) is 14.3. The van der Waals surface area contributed by atoms with Gasteiger partial charge in [0.05, 0.1) is 25.2 Å². The molecule has 7 rings (SSSR count). The Kier molecular flexibility index (Phi) is 21.6. The Labute approximate surface area is 530 Å². The number of carbonyl (C=O) groups is 10. The van der Waals surface area contributed by atoms with Gasteiger partial charge in [-0.15, -0.1) is 0 Å². The van der Waals surface area contributed by atoms with Crippen molar-refractivity contribution in [2.45, 2.75) is 195 Å². The third-order valence-electron chi connectivity index (χ3n) is 17.3. The molecule has 0 saturated carbocycles. The molecule has 2 aliphatic carbocycles. The molecule has 490 valence electrons.